The number of ether oxygens (including phenoxy) is 1. The largest absolute Gasteiger partial charge is 0.496 e. The Hall–Kier alpha value is -1.56. The summed E-state index contributed by atoms with van der Waals surface area (Å²) in [6.07, 6.45) is 2.03. The van der Waals surface area contributed by atoms with E-state index in [1.807, 2.05) is 6.92 Å². The van der Waals surface area contributed by atoms with Gasteiger partial charge in [-0.15, -0.1) is 0 Å². The zero-order valence-corrected chi connectivity index (χ0v) is 13.1. The van der Waals surface area contributed by atoms with Crippen molar-refractivity contribution >= 4 is 27.8 Å². The number of carboxylic acid groups (broad SMARTS) is 1. The lowest BCUT2D eigenvalue weighted by molar-refractivity contribution is -0.139. The number of hydrogen-bond acceptors (Lipinski definition) is 3. The number of carboxylic acids is 1. The molecule has 0 heterocycles. The van der Waals surface area contributed by atoms with E-state index in [0.29, 0.717) is 17.7 Å². The van der Waals surface area contributed by atoms with Crippen molar-refractivity contribution in [2.45, 2.75) is 32.2 Å². The lowest BCUT2D eigenvalue weighted by atomic mass is 10.1. The number of hydrogen-bond donors (Lipinski definition) is 2. The number of nitrogens with one attached hydrogen (secondary N) is 1. The Morgan fingerprint density at radius 2 is 2.15 bits per heavy atom. The molecule has 2 N–H and O–H groups in total. The van der Waals surface area contributed by atoms with Crippen LogP contribution in [-0.4, -0.2) is 30.1 Å². The summed E-state index contributed by atoms with van der Waals surface area (Å²) in [4.78, 5) is 23.3. The fraction of sp³-hybridized carbons (Fsp3) is 0.429. The fourth-order valence-corrected chi connectivity index (χ4v) is 2.09. The lowest BCUT2D eigenvalue weighted by Gasteiger charge is -2.15. The number of aliphatic carboxylic acids is 1. The van der Waals surface area contributed by atoms with Crippen molar-refractivity contribution in [3.63, 3.8) is 0 Å². The molecule has 1 aromatic rings. The van der Waals surface area contributed by atoms with E-state index >= 15 is 0 Å². The number of benzene rings is 1. The van der Waals surface area contributed by atoms with Crippen LogP contribution < -0.4 is 10.1 Å². The van der Waals surface area contributed by atoms with Gasteiger partial charge in [-0.2, -0.15) is 0 Å². The van der Waals surface area contributed by atoms with Crippen LogP contribution in [-0.2, 0) is 4.79 Å². The molecule has 0 unspecified atom stereocenters. The molecule has 1 rings (SSSR count). The van der Waals surface area contributed by atoms with Crippen LogP contribution in [0.3, 0.4) is 0 Å². The van der Waals surface area contributed by atoms with Crippen LogP contribution in [0.5, 0.6) is 5.75 Å². The first-order valence-electron chi connectivity index (χ1n) is 6.36. The molecule has 0 saturated carbocycles. The van der Waals surface area contributed by atoms with Crippen molar-refractivity contribution in [2.24, 2.45) is 0 Å². The van der Waals surface area contributed by atoms with E-state index < -0.39 is 17.9 Å². The average Bonchev–Trinajstić information content (AvgIpc) is 2.42. The summed E-state index contributed by atoms with van der Waals surface area (Å²) >= 11 is 3.29. The van der Waals surface area contributed by atoms with Gasteiger partial charge >= 0.3 is 5.97 Å². The number of halogens is 1. The molecule has 0 radical (unpaired) electrons. The van der Waals surface area contributed by atoms with Crippen LogP contribution in [0, 0.1) is 0 Å². The number of rotatable bonds is 7. The lowest BCUT2D eigenvalue weighted by Crippen LogP contribution is -2.40. The van der Waals surface area contributed by atoms with Gasteiger partial charge in [0, 0.05) is 4.47 Å². The van der Waals surface area contributed by atoms with E-state index in [1.165, 1.54) is 7.11 Å². The first-order valence-corrected chi connectivity index (χ1v) is 7.16. The van der Waals surface area contributed by atoms with Crippen LogP contribution >= 0.6 is 15.9 Å². The summed E-state index contributed by atoms with van der Waals surface area (Å²) in [5.41, 5.74) is 0.318. The summed E-state index contributed by atoms with van der Waals surface area (Å²) in [5, 5.41) is 11.6. The van der Waals surface area contributed by atoms with E-state index in [9.17, 15) is 9.59 Å². The van der Waals surface area contributed by atoms with Gasteiger partial charge in [-0.1, -0.05) is 35.7 Å². The van der Waals surface area contributed by atoms with Crippen molar-refractivity contribution in [1.82, 2.24) is 5.32 Å². The Balaban J connectivity index is 2.86. The van der Waals surface area contributed by atoms with Gasteiger partial charge in [0.1, 0.15) is 11.8 Å². The molecule has 5 nitrogen and oxygen atoms in total. The predicted molar refractivity (Wildman–Crippen MR) is 79.1 cm³/mol. The molecule has 0 saturated heterocycles. The minimum Gasteiger partial charge on any atom is -0.496 e. The summed E-state index contributed by atoms with van der Waals surface area (Å²) in [7, 11) is 1.46. The normalized spacial score (nSPS) is 11.8. The summed E-state index contributed by atoms with van der Waals surface area (Å²) in [5.74, 6) is -1.07. The number of methoxy groups -OCH3 is 1. The second-order valence-corrected chi connectivity index (χ2v) is 5.27. The first kappa shape index (κ1) is 16.5. The zero-order valence-electron chi connectivity index (χ0n) is 11.5. The molecule has 6 heteroatoms. The van der Waals surface area contributed by atoms with Gasteiger partial charge in [0.15, 0.2) is 0 Å². The fourth-order valence-electron chi connectivity index (χ4n) is 1.75. The molecule has 0 aliphatic heterocycles. The number of carbonyl (C=O) groups excluding carboxylic acids is 1. The molecule has 0 aromatic heterocycles. The highest BCUT2D eigenvalue weighted by atomic mass is 79.9. The van der Waals surface area contributed by atoms with E-state index in [4.69, 9.17) is 9.84 Å². The molecule has 20 heavy (non-hydrogen) atoms. The second-order valence-electron chi connectivity index (χ2n) is 4.35. The quantitative estimate of drug-likeness (QED) is 0.798. The number of carbonyl (C=O) groups is 2. The SMILES string of the molecule is CCCC[C@H](NC(=O)c1ccc(Br)cc1OC)C(=O)O. The van der Waals surface area contributed by atoms with Gasteiger partial charge in [-0.25, -0.2) is 4.79 Å². The van der Waals surface area contributed by atoms with Gasteiger partial charge in [-0.3, -0.25) is 4.79 Å². The topological polar surface area (TPSA) is 75.6 Å². The smallest absolute Gasteiger partial charge is 0.326 e. The van der Waals surface area contributed by atoms with Gasteiger partial charge in [-0.05, 0) is 24.6 Å². The Kier molecular flexibility index (Phi) is 6.51. The minimum absolute atomic E-state index is 0.318. The molecular weight excluding hydrogens is 326 g/mol. The van der Waals surface area contributed by atoms with Crippen molar-refractivity contribution < 1.29 is 19.4 Å². The third-order valence-corrected chi connectivity index (χ3v) is 3.35. The van der Waals surface area contributed by atoms with Crippen LogP contribution in [0.4, 0.5) is 0 Å². The Morgan fingerprint density at radius 1 is 1.45 bits per heavy atom. The van der Waals surface area contributed by atoms with E-state index in [0.717, 1.165) is 17.3 Å². The molecule has 0 spiro atoms. The molecule has 1 amide bonds. The maximum absolute atomic E-state index is 12.1. The molecule has 0 bridgehead atoms. The van der Waals surface area contributed by atoms with E-state index in [1.54, 1.807) is 18.2 Å². The second kappa shape index (κ2) is 7.89. The number of amides is 1. The standard InChI is InChI=1S/C14H18BrNO4/c1-3-4-5-11(14(18)19)16-13(17)10-7-6-9(15)8-12(10)20-2/h6-8,11H,3-5H2,1-2H3,(H,16,17)(H,18,19)/t11-/m0/s1. The van der Waals surface area contributed by atoms with Crippen molar-refractivity contribution in [3.05, 3.63) is 28.2 Å². The van der Waals surface area contributed by atoms with Crippen molar-refractivity contribution in [1.29, 1.82) is 0 Å². The Bertz CT molecular complexity index is 490. The minimum atomic E-state index is -1.03. The Morgan fingerprint density at radius 3 is 2.70 bits per heavy atom. The third kappa shape index (κ3) is 4.52. The molecule has 1 aromatic carbocycles. The molecule has 0 aliphatic carbocycles. The van der Waals surface area contributed by atoms with Gasteiger partial charge < -0.3 is 15.2 Å². The summed E-state index contributed by atoms with van der Waals surface area (Å²) < 4.78 is 5.92. The highest BCUT2D eigenvalue weighted by Gasteiger charge is 2.21. The van der Waals surface area contributed by atoms with Crippen LogP contribution in [0.25, 0.3) is 0 Å². The Labute approximate surface area is 126 Å². The first-order chi connectivity index (χ1) is 9.49. The van der Waals surface area contributed by atoms with Gasteiger partial charge in [0.05, 0.1) is 12.7 Å². The number of unbranched alkanes of at least 4 members (excludes halogenated alkanes) is 1. The third-order valence-electron chi connectivity index (χ3n) is 2.86. The highest BCUT2D eigenvalue weighted by Crippen LogP contribution is 2.23. The highest BCUT2D eigenvalue weighted by molar-refractivity contribution is 9.10. The zero-order chi connectivity index (χ0) is 15.1. The van der Waals surface area contributed by atoms with Crippen molar-refractivity contribution in [3.8, 4) is 5.75 Å². The summed E-state index contributed by atoms with van der Waals surface area (Å²) in [6, 6.07) is 4.09. The van der Waals surface area contributed by atoms with Crippen LogP contribution in [0.15, 0.2) is 22.7 Å². The van der Waals surface area contributed by atoms with Crippen molar-refractivity contribution in [2.75, 3.05) is 7.11 Å². The molecule has 1 atom stereocenters. The molecular formula is C14H18BrNO4. The molecule has 110 valence electrons. The maximum Gasteiger partial charge on any atom is 0.326 e. The van der Waals surface area contributed by atoms with Crippen LogP contribution in [0.1, 0.15) is 36.5 Å². The molecule has 0 aliphatic rings. The van der Waals surface area contributed by atoms with E-state index in [-0.39, 0.29) is 0 Å². The van der Waals surface area contributed by atoms with E-state index in [2.05, 4.69) is 21.2 Å². The monoisotopic (exact) mass is 343 g/mol. The predicted octanol–water partition coefficient (Wildman–Crippen LogP) is 2.83. The molecule has 0 fully saturated rings. The van der Waals surface area contributed by atoms with Crippen LogP contribution in [0.2, 0.25) is 0 Å². The summed E-state index contributed by atoms with van der Waals surface area (Å²) in [6.45, 7) is 1.97. The maximum atomic E-state index is 12.1. The van der Waals surface area contributed by atoms with Gasteiger partial charge in [0.25, 0.3) is 5.91 Å². The van der Waals surface area contributed by atoms with Gasteiger partial charge in [0.2, 0.25) is 0 Å². The average molecular weight is 344 g/mol.